The number of carbonyl (C=O) groups excluding carboxylic acids is 1. The van der Waals surface area contributed by atoms with Crippen LogP contribution in [0.25, 0.3) is 10.9 Å². The molecule has 0 radical (unpaired) electrons. The van der Waals surface area contributed by atoms with Crippen molar-refractivity contribution >= 4 is 50.6 Å². The largest absolute Gasteiger partial charge is 0.350 e. The summed E-state index contributed by atoms with van der Waals surface area (Å²) < 4.78 is 2.80. The monoisotopic (exact) mass is 389 g/mol. The van der Waals surface area contributed by atoms with Gasteiger partial charge in [-0.2, -0.15) is 5.10 Å². The van der Waals surface area contributed by atoms with Crippen molar-refractivity contribution in [2.75, 3.05) is 0 Å². The van der Waals surface area contributed by atoms with E-state index in [-0.39, 0.29) is 5.91 Å². The number of benzene rings is 2. The summed E-state index contributed by atoms with van der Waals surface area (Å²) in [5.41, 5.74) is 4.92. The molecule has 0 bridgehead atoms. The van der Waals surface area contributed by atoms with E-state index in [2.05, 4.69) is 26.5 Å². The van der Waals surface area contributed by atoms with Crippen LogP contribution >= 0.6 is 27.5 Å². The normalized spacial score (nSPS) is 11.3. The highest BCUT2D eigenvalue weighted by molar-refractivity contribution is 9.10. The molecular formula is C17H13BrClN3O. The zero-order valence-corrected chi connectivity index (χ0v) is 14.6. The molecular weight excluding hydrogens is 378 g/mol. The molecule has 0 spiro atoms. The van der Waals surface area contributed by atoms with Gasteiger partial charge in [0, 0.05) is 34.2 Å². The SMILES string of the molecule is Cn1cc(C=NNC(=O)c2cc(Br)ccc2Cl)c2ccccc21. The molecule has 2 aromatic carbocycles. The molecule has 1 N–H and O–H groups in total. The van der Waals surface area contributed by atoms with Crippen LogP contribution in [0.5, 0.6) is 0 Å². The predicted octanol–water partition coefficient (Wildman–Crippen LogP) is 4.36. The first kappa shape index (κ1) is 15.8. The quantitative estimate of drug-likeness (QED) is 0.524. The van der Waals surface area contributed by atoms with Crippen molar-refractivity contribution in [1.29, 1.82) is 0 Å². The number of aromatic nitrogens is 1. The third kappa shape index (κ3) is 3.30. The molecule has 0 aliphatic heterocycles. The summed E-state index contributed by atoms with van der Waals surface area (Å²) in [6, 6.07) is 13.1. The maximum atomic E-state index is 12.1. The molecule has 116 valence electrons. The number of amides is 1. The summed E-state index contributed by atoms with van der Waals surface area (Å²) in [4.78, 5) is 12.1. The van der Waals surface area contributed by atoms with Gasteiger partial charge in [0.25, 0.3) is 5.91 Å². The zero-order valence-electron chi connectivity index (χ0n) is 12.3. The molecule has 0 unspecified atom stereocenters. The Kier molecular flexibility index (Phi) is 4.50. The molecule has 3 rings (SSSR count). The van der Waals surface area contributed by atoms with Crippen molar-refractivity contribution in [2.24, 2.45) is 12.1 Å². The number of halogens is 2. The molecule has 23 heavy (non-hydrogen) atoms. The maximum Gasteiger partial charge on any atom is 0.272 e. The van der Waals surface area contributed by atoms with Gasteiger partial charge >= 0.3 is 0 Å². The van der Waals surface area contributed by atoms with Crippen molar-refractivity contribution in [3.05, 3.63) is 69.3 Å². The topological polar surface area (TPSA) is 46.4 Å². The number of aryl methyl sites for hydroxylation is 1. The van der Waals surface area contributed by atoms with Crippen molar-refractivity contribution in [3.63, 3.8) is 0 Å². The Labute approximate surface area is 146 Å². The van der Waals surface area contributed by atoms with E-state index in [1.807, 2.05) is 42.1 Å². The number of nitrogens with one attached hydrogen (secondary N) is 1. The van der Waals surface area contributed by atoms with Crippen molar-refractivity contribution in [1.82, 2.24) is 9.99 Å². The van der Waals surface area contributed by atoms with E-state index in [1.54, 1.807) is 24.4 Å². The number of para-hydroxylation sites is 1. The van der Waals surface area contributed by atoms with Gasteiger partial charge in [-0.3, -0.25) is 4.79 Å². The van der Waals surface area contributed by atoms with Gasteiger partial charge in [-0.1, -0.05) is 45.7 Å². The number of hydrogen-bond donors (Lipinski definition) is 1. The molecule has 4 nitrogen and oxygen atoms in total. The van der Waals surface area contributed by atoms with E-state index in [9.17, 15) is 4.79 Å². The summed E-state index contributed by atoms with van der Waals surface area (Å²) in [7, 11) is 1.97. The van der Waals surface area contributed by atoms with E-state index in [0.717, 1.165) is 20.9 Å². The Bertz CT molecular complexity index is 917. The van der Waals surface area contributed by atoms with Gasteiger partial charge in [-0.15, -0.1) is 0 Å². The van der Waals surface area contributed by atoms with Crippen LogP contribution in [0.3, 0.4) is 0 Å². The smallest absolute Gasteiger partial charge is 0.272 e. The summed E-state index contributed by atoms with van der Waals surface area (Å²) >= 11 is 9.35. The minimum atomic E-state index is -0.354. The Morgan fingerprint density at radius 3 is 2.91 bits per heavy atom. The molecule has 1 heterocycles. The molecule has 0 fully saturated rings. The lowest BCUT2D eigenvalue weighted by Gasteiger charge is -2.03. The van der Waals surface area contributed by atoms with Gasteiger partial charge in [0.05, 0.1) is 16.8 Å². The fraction of sp³-hybridized carbons (Fsp3) is 0.0588. The predicted molar refractivity (Wildman–Crippen MR) is 97.1 cm³/mol. The van der Waals surface area contributed by atoms with Crippen LogP contribution in [0.4, 0.5) is 0 Å². The van der Waals surface area contributed by atoms with Crippen LogP contribution in [0.1, 0.15) is 15.9 Å². The van der Waals surface area contributed by atoms with Crippen LogP contribution in [0.2, 0.25) is 5.02 Å². The lowest BCUT2D eigenvalue weighted by Crippen LogP contribution is -2.18. The molecule has 0 saturated heterocycles. The summed E-state index contributed by atoms with van der Waals surface area (Å²) in [6.45, 7) is 0. The summed E-state index contributed by atoms with van der Waals surface area (Å²) in [5, 5.41) is 5.50. The van der Waals surface area contributed by atoms with E-state index in [1.165, 1.54) is 0 Å². The highest BCUT2D eigenvalue weighted by Crippen LogP contribution is 2.21. The van der Waals surface area contributed by atoms with Crippen LogP contribution in [0.15, 0.2) is 58.2 Å². The van der Waals surface area contributed by atoms with Gasteiger partial charge in [0.1, 0.15) is 0 Å². The highest BCUT2D eigenvalue weighted by Gasteiger charge is 2.10. The second-order valence-corrected chi connectivity index (χ2v) is 6.36. The van der Waals surface area contributed by atoms with Gasteiger partial charge in [0.2, 0.25) is 0 Å². The first-order valence-electron chi connectivity index (χ1n) is 6.89. The Balaban J connectivity index is 1.80. The summed E-state index contributed by atoms with van der Waals surface area (Å²) in [6.07, 6.45) is 3.60. The molecule has 6 heteroatoms. The maximum absolute atomic E-state index is 12.1. The number of nitrogens with zero attached hydrogens (tertiary/aromatic N) is 2. The minimum Gasteiger partial charge on any atom is -0.350 e. The summed E-state index contributed by atoms with van der Waals surface area (Å²) in [5.74, 6) is -0.354. The number of hydrogen-bond acceptors (Lipinski definition) is 2. The molecule has 1 amide bonds. The number of fused-ring (bicyclic) bond motifs is 1. The molecule has 3 aromatic rings. The van der Waals surface area contributed by atoms with Crippen LogP contribution in [0, 0.1) is 0 Å². The first-order valence-corrected chi connectivity index (χ1v) is 8.06. The van der Waals surface area contributed by atoms with Crippen molar-refractivity contribution in [2.45, 2.75) is 0 Å². The lowest BCUT2D eigenvalue weighted by atomic mass is 10.2. The van der Waals surface area contributed by atoms with Crippen molar-refractivity contribution < 1.29 is 4.79 Å². The average Bonchev–Trinajstić information content (AvgIpc) is 2.86. The first-order chi connectivity index (χ1) is 11.1. The van der Waals surface area contributed by atoms with Crippen LogP contribution in [-0.4, -0.2) is 16.7 Å². The molecule has 0 saturated carbocycles. The Hall–Kier alpha value is -2.11. The van der Waals surface area contributed by atoms with Gasteiger partial charge in [-0.05, 0) is 24.3 Å². The highest BCUT2D eigenvalue weighted by atomic mass is 79.9. The van der Waals surface area contributed by atoms with Gasteiger partial charge in [-0.25, -0.2) is 5.43 Å². The Morgan fingerprint density at radius 2 is 2.09 bits per heavy atom. The van der Waals surface area contributed by atoms with E-state index in [4.69, 9.17) is 11.6 Å². The molecule has 0 aliphatic rings. The number of rotatable bonds is 3. The average molecular weight is 391 g/mol. The lowest BCUT2D eigenvalue weighted by molar-refractivity contribution is 0.0955. The molecule has 0 atom stereocenters. The molecule has 1 aromatic heterocycles. The second kappa shape index (κ2) is 6.56. The third-order valence-corrected chi connectivity index (χ3v) is 4.29. The number of hydrazone groups is 1. The fourth-order valence-electron chi connectivity index (χ4n) is 2.37. The Morgan fingerprint density at radius 1 is 1.30 bits per heavy atom. The van der Waals surface area contributed by atoms with E-state index in [0.29, 0.717) is 10.6 Å². The zero-order chi connectivity index (χ0) is 16.4. The van der Waals surface area contributed by atoms with E-state index >= 15 is 0 Å². The third-order valence-electron chi connectivity index (χ3n) is 3.47. The fourth-order valence-corrected chi connectivity index (χ4v) is 2.93. The molecule has 0 aliphatic carbocycles. The van der Waals surface area contributed by atoms with Gasteiger partial charge < -0.3 is 4.57 Å². The standard InChI is InChI=1S/C17H13BrClN3O/c1-22-10-11(13-4-2-3-5-16(13)22)9-20-21-17(23)14-8-12(18)6-7-15(14)19/h2-10H,1H3,(H,21,23). The van der Waals surface area contributed by atoms with Crippen LogP contribution < -0.4 is 5.43 Å². The second-order valence-electron chi connectivity index (χ2n) is 5.04. The van der Waals surface area contributed by atoms with Crippen molar-refractivity contribution in [3.8, 4) is 0 Å². The van der Waals surface area contributed by atoms with Gasteiger partial charge in [0.15, 0.2) is 0 Å². The number of carbonyl (C=O) groups is 1. The minimum absolute atomic E-state index is 0.354. The van der Waals surface area contributed by atoms with E-state index < -0.39 is 0 Å². The van der Waals surface area contributed by atoms with Crippen LogP contribution in [-0.2, 0) is 7.05 Å².